The summed E-state index contributed by atoms with van der Waals surface area (Å²) >= 11 is 0. The molecular weight excluding hydrogens is 2360 g/mol. The minimum atomic E-state index is -0.375. The van der Waals surface area contributed by atoms with Crippen LogP contribution in [0.4, 0.5) is 0 Å². The van der Waals surface area contributed by atoms with E-state index in [1.807, 2.05) is 172 Å². The largest absolute Gasteiger partial charge is 0.540 e. The molecule has 0 amide bonds. The van der Waals surface area contributed by atoms with Crippen LogP contribution >= 0.6 is 0 Å². The summed E-state index contributed by atoms with van der Waals surface area (Å²) in [5.41, 5.74) is 21.1. The van der Waals surface area contributed by atoms with Gasteiger partial charge in [-0.05, 0) is 146 Å². The first-order valence-corrected chi connectivity index (χ1v) is 36.7. The SMILES string of the molecule is CC(O)CC(C)O.CC(O)CC(C)O.CC(O)CC(C)O.COc1c[c-]c(-c2cc(C)ncn2)cc1.COc1cc[c-]c(-c2cc(C)ncn2)c1.Cc1cc(-c2[c-]ccc(-c3ccccc3)c2)ncn1.Cc1cccc(C)c1-c1cc(-c2[c-]cc3ccccc3c2)ncn1.[Ir].[Ir].[Ir].[Ir].[Ir].[c-]1ccccc1-c1cc(-c2ccccc2)ncn1. The van der Waals surface area contributed by atoms with Gasteiger partial charge in [-0.2, -0.15) is 0 Å². The molecule has 6 N–H and O–H groups in total. The Morgan fingerprint density at radius 1 is 0.282 bits per heavy atom. The van der Waals surface area contributed by atoms with Gasteiger partial charge in [-0.15, -0.1) is 160 Å². The zero-order chi connectivity index (χ0) is 80.7. The second-order valence-electron chi connectivity index (χ2n) is 26.5. The summed E-state index contributed by atoms with van der Waals surface area (Å²) in [7, 11) is 3.28. The van der Waals surface area contributed by atoms with E-state index in [4.69, 9.17) is 40.1 Å². The molecule has 0 bridgehead atoms. The molecule has 0 fully saturated rings. The van der Waals surface area contributed by atoms with Crippen LogP contribution in [0.3, 0.4) is 0 Å². The zero-order valence-electron chi connectivity index (χ0n) is 67.5. The monoisotopic (exact) mass is 2460 g/mol. The number of benzene rings is 9. The van der Waals surface area contributed by atoms with Gasteiger partial charge in [0.25, 0.3) is 0 Å². The first-order valence-electron chi connectivity index (χ1n) is 36.7. The molecule has 0 aliphatic rings. The summed E-state index contributed by atoms with van der Waals surface area (Å²) in [6, 6.07) is 90.1. The summed E-state index contributed by atoms with van der Waals surface area (Å²) in [5, 5.41) is 53.8. The maximum atomic E-state index is 8.56. The van der Waals surface area contributed by atoms with Crippen molar-refractivity contribution in [1.29, 1.82) is 0 Å². The van der Waals surface area contributed by atoms with Gasteiger partial charge < -0.3 is 40.1 Å². The van der Waals surface area contributed by atoms with Gasteiger partial charge >= 0.3 is 0 Å². The maximum absolute atomic E-state index is 8.56. The van der Waals surface area contributed by atoms with Crippen molar-refractivity contribution in [2.45, 2.75) is 132 Å². The number of aryl methyl sites for hydroxylation is 5. The Bertz CT molecular complexity index is 4960. The molecule has 0 aliphatic heterocycles. The topological polar surface area (TPSA) is 269 Å². The minimum Gasteiger partial charge on any atom is -0.540 e. The Balaban J connectivity index is 0.000000466. The Morgan fingerprint density at radius 3 is 1.11 bits per heavy atom. The summed E-state index contributed by atoms with van der Waals surface area (Å²) in [4.78, 5) is 42.4. The Labute approximate surface area is 756 Å². The van der Waals surface area contributed by atoms with Crippen molar-refractivity contribution < 1.29 is 141 Å². The van der Waals surface area contributed by atoms with E-state index in [2.05, 4.69) is 161 Å². The summed E-state index contributed by atoms with van der Waals surface area (Å²) in [6.45, 7) is 20.0. The third-order valence-corrected chi connectivity index (χ3v) is 16.3. The van der Waals surface area contributed by atoms with E-state index in [1.54, 1.807) is 93.5 Å². The molecule has 0 saturated carbocycles. The molecule has 6 atom stereocenters. The molecule has 5 aromatic heterocycles. The molecule has 5 heterocycles. The number of aliphatic hydroxyl groups is 6. The van der Waals surface area contributed by atoms with E-state index in [9.17, 15) is 0 Å². The standard InChI is InChI=1S/C22H17N2.C17H13N2.C16H11N2.2C12H11N2O.3C5H12O2.5Ir/c1-15-6-5-7-16(2)22(15)21-13-20(23-14-24-21)19-11-10-17-8-3-4-9-18(17)12-19;1-13-10-17(19-12-18-13)16-9-5-8-15(11-16)14-6-3-2-4-7-14;1-3-7-13(8-4-1)15-11-16(18-12-17-15)14-9-5-2-6-10-14;1-9-7-12(14-8-13-9)10-3-5-11(15-2)6-4-10;1-9-6-12(14-8-13-9)10-4-3-5-11(7-10)15-2;3*1-4(6)3-5(2)7;;;;;/h3-10,12-14H,1-2H3;2-8,10-12H,1H3;1-9,11-12H;2*3,5-8H,1-2H3;3*4-7H,3H2,1-2H3;;;;;/q5*-1;;;;;;;;. The molecule has 6 unspecified atom stereocenters. The predicted octanol–water partition coefficient (Wildman–Crippen LogP) is 17.8. The zero-order valence-corrected chi connectivity index (χ0v) is 79.4. The molecule has 0 aliphatic carbocycles. The second-order valence-corrected chi connectivity index (χ2v) is 26.5. The van der Waals surface area contributed by atoms with Crippen LogP contribution in [0.5, 0.6) is 11.5 Å². The number of aliphatic hydroxyl groups excluding tert-OH is 6. The van der Waals surface area contributed by atoms with Gasteiger partial charge in [-0.3, -0.25) is 24.9 Å². The fourth-order valence-corrected chi connectivity index (χ4v) is 11.1. The third-order valence-electron chi connectivity index (χ3n) is 16.3. The van der Waals surface area contributed by atoms with Crippen LogP contribution in [-0.4, -0.2) is 131 Å². The van der Waals surface area contributed by atoms with Gasteiger partial charge in [0, 0.05) is 135 Å². The van der Waals surface area contributed by atoms with Gasteiger partial charge in [0.05, 0.1) is 62.2 Å². The molecule has 117 heavy (non-hydrogen) atoms. The average molecular weight is 2460 g/mol. The number of hydrogen-bond donors (Lipinski definition) is 6. The molecule has 14 rings (SSSR count). The van der Waals surface area contributed by atoms with Gasteiger partial charge in [-0.1, -0.05) is 139 Å². The number of methoxy groups -OCH3 is 2. The van der Waals surface area contributed by atoms with Crippen molar-refractivity contribution in [3.63, 3.8) is 0 Å². The van der Waals surface area contributed by atoms with Crippen LogP contribution in [0.2, 0.25) is 0 Å². The number of hydrogen-bond acceptors (Lipinski definition) is 18. The van der Waals surface area contributed by atoms with Crippen molar-refractivity contribution in [1.82, 2.24) is 49.8 Å². The Morgan fingerprint density at radius 2 is 0.658 bits per heavy atom. The molecule has 623 valence electrons. The van der Waals surface area contributed by atoms with Crippen LogP contribution in [0, 0.1) is 65.0 Å². The van der Waals surface area contributed by atoms with E-state index in [0.717, 1.165) is 102 Å². The van der Waals surface area contributed by atoms with E-state index < -0.39 is 0 Å². The smallest absolute Gasteiger partial charge is 0.106 e. The number of aromatic nitrogens is 10. The van der Waals surface area contributed by atoms with Gasteiger partial charge in [0.1, 0.15) is 31.6 Å². The molecule has 0 saturated heterocycles. The number of fused-ring (bicyclic) bond motifs is 1. The predicted molar refractivity (Wildman–Crippen MR) is 446 cm³/mol. The van der Waals surface area contributed by atoms with Crippen LogP contribution in [0.15, 0.2) is 256 Å². The van der Waals surface area contributed by atoms with E-state index in [0.29, 0.717) is 19.3 Å². The first kappa shape index (κ1) is 104. The van der Waals surface area contributed by atoms with Crippen molar-refractivity contribution in [3.8, 4) is 101 Å². The van der Waals surface area contributed by atoms with Crippen molar-refractivity contribution >= 4 is 10.8 Å². The fourth-order valence-electron chi connectivity index (χ4n) is 11.1. The molecule has 0 spiro atoms. The molecule has 9 aromatic carbocycles. The summed E-state index contributed by atoms with van der Waals surface area (Å²) in [5.74, 6) is 1.60. The Hall–Kier alpha value is -8.75. The van der Waals surface area contributed by atoms with Crippen molar-refractivity contribution in [3.05, 3.63) is 315 Å². The van der Waals surface area contributed by atoms with E-state index in [1.165, 1.54) is 38.6 Å². The van der Waals surface area contributed by atoms with Crippen LogP contribution in [0.25, 0.3) is 101 Å². The quantitative estimate of drug-likeness (QED) is 0.0491. The number of nitrogens with zero attached hydrogens (tertiary/aromatic N) is 10. The van der Waals surface area contributed by atoms with Crippen LogP contribution in [-0.2, 0) is 101 Å². The summed E-state index contributed by atoms with van der Waals surface area (Å²) in [6.07, 6.45) is 7.10. The number of ether oxygens (including phenoxy) is 2. The van der Waals surface area contributed by atoms with Crippen molar-refractivity contribution in [2.75, 3.05) is 14.2 Å². The second kappa shape index (κ2) is 56.6. The van der Waals surface area contributed by atoms with Crippen LogP contribution < -0.4 is 9.47 Å². The van der Waals surface area contributed by atoms with Gasteiger partial charge in [0.2, 0.25) is 0 Å². The minimum absolute atomic E-state index is 0. The molecule has 18 nitrogen and oxygen atoms in total. The normalized spacial score (nSPS) is 11.4. The van der Waals surface area contributed by atoms with Crippen molar-refractivity contribution in [2.24, 2.45) is 0 Å². The van der Waals surface area contributed by atoms with E-state index >= 15 is 0 Å². The average Bonchev–Trinajstić information content (AvgIpc) is 0.794. The first-order chi connectivity index (χ1) is 53.9. The fraction of sp³-hybridized carbons (Fsp3) is 0.234. The summed E-state index contributed by atoms with van der Waals surface area (Å²) < 4.78 is 10.2. The number of rotatable bonds is 16. The van der Waals surface area contributed by atoms with Crippen LogP contribution in [0.1, 0.15) is 89.0 Å². The maximum Gasteiger partial charge on any atom is 0.106 e. The van der Waals surface area contributed by atoms with E-state index in [-0.39, 0.29) is 137 Å². The molecule has 23 heteroatoms. The Kier molecular flexibility index (Phi) is 50.5. The van der Waals surface area contributed by atoms with Gasteiger partial charge in [-0.25, -0.2) is 24.9 Å². The molecular formula is C94H99Ir5N10O8-5. The van der Waals surface area contributed by atoms with Gasteiger partial charge in [0.15, 0.2) is 0 Å². The molecule has 5 radical (unpaired) electrons. The molecule has 14 aromatic rings. The third kappa shape index (κ3) is 37.8.